The molecule has 1 atom stereocenters. The van der Waals surface area contributed by atoms with Crippen LogP contribution in [0, 0.1) is 5.82 Å². The highest BCUT2D eigenvalue weighted by atomic mass is 19.4. The fourth-order valence-corrected chi connectivity index (χ4v) is 1.88. The predicted octanol–water partition coefficient (Wildman–Crippen LogP) is 3.83. The second-order valence-corrected chi connectivity index (χ2v) is 4.24. The average Bonchev–Trinajstić information content (AvgIpc) is 2.34. The summed E-state index contributed by atoms with van der Waals surface area (Å²) in [4.78, 5) is 0. The number of nitrogens with one attached hydrogen (secondary N) is 1. The zero-order valence-corrected chi connectivity index (χ0v) is 10.9. The van der Waals surface area contributed by atoms with Crippen LogP contribution in [-0.2, 0) is 0 Å². The number of ether oxygens (including phenoxy) is 1. The molecule has 0 saturated carbocycles. The molecule has 1 aromatic rings. The van der Waals surface area contributed by atoms with Gasteiger partial charge in [0, 0.05) is 12.5 Å². The van der Waals surface area contributed by atoms with Gasteiger partial charge in [-0.15, -0.1) is 0 Å². The lowest BCUT2D eigenvalue weighted by Crippen LogP contribution is -2.17. The summed E-state index contributed by atoms with van der Waals surface area (Å²) in [6, 6.07) is 4.05. The number of halogens is 4. The third-order valence-electron chi connectivity index (χ3n) is 2.88. The number of rotatable bonds is 6. The maximum Gasteiger partial charge on any atom is 0.389 e. The van der Waals surface area contributed by atoms with Crippen molar-refractivity contribution < 1.29 is 22.3 Å². The molecule has 0 amide bonds. The second kappa shape index (κ2) is 6.75. The van der Waals surface area contributed by atoms with E-state index in [-0.39, 0.29) is 18.2 Å². The Labute approximate surface area is 109 Å². The fourth-order valence-electron chi connectivity index (χ4n) is 1.88. The molecule has 0 aliphatic heterocycles. The molecule has 1 unspecified atom stereocenters. The van der Waals surface area contributed by atoms with Gasteiger partial charge in [-0.25, -0.2) is 4.39 Å². The Morgan fingerprint density at radius 1 is 1.32 bits per heavy atom. The molecule has 2 nitrogen and oxygen atoms in total. The molecule has 0 spiro atoms. The smallest absolute Gasteiger partial charge is 0.389 e. The highest BCUT2D eigenvalue weighted by molar-refractivity contribution is 5.32. The molecule has 0 aromatic heterocycles. The molecule has 0 fully saturated rings. The fraction of sp³-hybridized carbons (Fsp3) is 0.538. The van der Waals surface area contributed by atoms with E-state index in [9.17, 15) is 17.6 Å². The van der Waals surface area contributed by atoms with E-state index in [0.717, 1.165) is 0 Å². The monoisotopic (exact) mass is 279 g/mol. The average molecular weight is 279 g/mol. The summed E-state index contributed by atoms with van der Waals surface area (Å²) in [5, 5.41) is 2.93. The quantitative estimate of drug-likeness (QED) is 0.799. The Bertz CT molecular complexity index is 406. The summed E-state index contributed by atoms with van der Waals surface area (Å²) in [6.45, 7) is 0. The molecular weight excluding hydrogens is 262 g/mol. The van der Waals surface area contributed by atoms with E-state index in [1.807, 2.05) is 0 Å². The summed E-state index contributed by atoms with van der Waals surface area (Å²) in [6.07, 6.45) is -4.61. The van der Waals surface area contributed by atoms with Gasteiger partial charge in [-0.05, 0) is 37.6 Å². The van der Waals surface area contributed by atoms with Gasteiger partial charge in [-0.3, -0.25) is 0 Å². The Hall–Kier alpha value is -1.30. The molecule has 19 heavy (non-hydrogen) atoms. The van der Waals surface area contributed by atoms with E-state index in [1.165, 1.54) is 19.2 Å². The van der Waals surface area contributed by atoms with Crippen LogP contribution in [0.3, 0.4) is 0 Å². The third kappa shape index (κ3) is 5.06. The Morgan fingerprint density at radius 3 is 2.53 bits per heavy atom. The lowest BCUT2D eigenvalue weighted by Gasteiger charge is -2.18. The van der Waals surface area contributed by atoms with Crippen molar-refractivity contribution in [2.45, 2.75) is 31.5 Å². The van der Waals surface area contributed by atoms with Crippen molar-refractivity contribution in [3.63, 3.8) is 0 Å². The number of methoxy groups -OCH3 is 1. The molecule has 0 heterocycles. The number of benzene rings is 1. The first-order valence-electron chi connectivity index (χ1n) is 5.95. The molecule has 1 rings (SSSR count). The van der Waals surface area contributed by atoms with E-state index >= 15 is 0 Å². The lowest BCUT2D eigenvalue weighted by atomic mass is 10.0. The van der Waals surface area contributed by atoms with E-state index in [2.05, 4.69) is 5.32 Å². The first kappa shape index (κ1) is 15.8. The zero-order chi connectivity index (χ0) is 14.5. The Morgan fingerprint density at radius 2 is 2.00 bits per heavy atom. The molecule has 0 aliphatic rings. The van der Waals surface area contributed by atoms with Crippen molar-refractivity contribution in [2.24, 2.45) is 0 Å². The Kier molecular flexibility index (Phi) is 5.60. The van der Waals surface area contributed by atoms with Crippen molar-refractivity contribution in [1.29, 1.82) is 0 Å². The van der Waals surface area contributed by atoms with Crippen LogP contribution in [-0.4, -0.2) is 20.3 Å². The van der Waals surface area contributed by atoms with Crippen LogP contribution in [0.4, 0.5) is 17.6 Å². The van der Waals surface area contributed by atoms with Gasteiger partial charge in [0.05, 0.1) is 7.11 Å². The van der Waals surface area contributed by atoms with Crippen molar-refractivity contribution in [1.82, 2.24) is 5.32 Å². The molecule has 0 bridgehead atoms. The van der Waals surface area contributed by atoms with E-state index < -0.39 is 18.4 Å². The Balaban J connectivity index is 2.69. The van der Waals surface area contributed by atoms with Crippen molar-refractivity contribution in [3.8, 4) is 5.75 Å². The van der Waals surface area contributed by atoms with E-state index in [1.54, 1.807) is 13.1 Å². The van der Waals surface area contributed by atoms with Gasteiger partial charge in [-0.1, -0.05) is 6.07 Å². The van der Waals surface area contributed by atoms with Gasteiger partial charge in [0.25, 0.3) is 0 Å². The van der Waals surface area contributed by atoms with Crippen molar-refractivity contribution in [2.75, 3.05) is 14.2 Å². The molecular formula is C13H17F4NO. The van der Waals surface area contributed by atoms with Crippen LogP contribution in [0.25, 0.3) is 0 Å². The molecule has 1 N–H and O–H groups in total. The maximum atomic E-state index is 13.3. The minimum atomic E-state index is -4.14. The van der Waals surface area contributed by atoms with Crippen LogP contribution in [0.2, 0.25) is 0 Å². The van der Waals surface area contributed by atoms with Gasteiger partial charge in [0.2, 0.25) is 0 Å². The summed E-state index contributed by atoms with van der Waals surface area (Å²) >= 11 is 0. The minimum absolute atomic E-state index is 0.0225. The zero-order valence-electron chi connectivity index (χ0n) is 10.9. The largest absolute Gasteiger partial charge is 0.494 e. The first-order valence-corrected chi connectivity index (χ1v) is 5.95. The lowest BCUT2D eigenvalue weighted by molar-refractivity contribution is -0.135. The summed E-state index contributed by atoms with van der Waals surface area (Å²) < 4.78 is 54.4. The highest BCUT2D eigenvalue weighted by Gasteiger charge is 2.26. The number of hydrogen-bond acceptors (Lipinski definition) is 2. The van der Waals surface area contributed by atoms with Crippen LogP contribution >= 0.6 is 0 Å². The summed E-state index contributed by atoms with van der Waals surface area (Å²) in [5.74, 6) is -0.398. The van der Waals surface area contributed by atoms with Gasteiger partial charge in [0.1, 0.15) is 0 Å². The van der Waals surface area contributed by atoms with Crippen molar-refractivity contribution in [3.05, 3.63) is 29.6 Å². The molecule has 0 radical (unpaired) electrons. The third-order valence-corrected chi connectivity index (χ3v) is 2.88. The predicted molar refractivity (Wildman–Crippen MR) is 64.7 cm³/mol. The number of alkyl halides is 3. The molecule has 1 aromatic carbocycles. The summed E-state index contributed by atoms with van der Waals surface area (Å²) in [7, 11) is 3.01. The number of hydrogen-bond donors (Lipinski definition) is 1. The van der Waals surface area contributed by atoms with Crippen LogP contribution in [0.15, 0.2) is 18.2 Å². The minimum Gasteiger partial charge on any atom is -0.494 e. The van der Waals surface area contributed by atoms with Crippen molar-refractivity contribution >= 4 is 0 Å². The van der Waals surface area contributed by atoms with Crippen LogP contribution in [0.1, 0.15) is 30.9 Å². The normalized spacial score (nSPS) is 13.4. The standard InChI is InChI=1S/C13H17F4NO/c1-18-11(4-3-7-13(15,16)17)9-5-6-10(14)12(8-9)19-2/h5-6,8,11,18H,3-4,7H2,1-2H3. The molecule has 6 heteroatoms. The van der Waals surface area contributed by atoms with Gasteiger partial charge in [-0.2, -0.15) is 13.2 Å². The second-order valence-electron chi connectivity index (χ2n) is 4.24. The maximum absolute atomic E-state index is 13.3. The van der Waals surface area contributed by atoms with Gasteiger partial charge in [0.15, 0.2) is 11.6 Å². The highest BCUT2D eigenvalue weighted by Crippen LogP contribution is 2.28. The first-order chi connectivity index (χ1) is 8.87. The van der Waals surface area contributed by atoms with E-state index in [4.69, 9.17) is 4.74 Å². The molecule has 108 valence electrons. The molecule has 0 saturated heterocycles. The van der Waals surface area contributed by atoms with Gasteiger partial charge >= 0.3 is 6.18 Å². The SMILES string of the molecule is CNC(CCCC(F)(F)F)c1ccc(F)c(OC)c1. The van der Waals surface area contributed by atoms with Crippen LogP contribution < -0.4 is 10.1 Å². The topological polar surface area (TPSA) is 21.3 Å². The van der Waals surface area contributed by atoms with Gasteiger partial charge < -0.3 is 10.1 Å². The van der Waals surface area contributed by atoms with Crippen LogP contribution in [0.5, 0.6) is 5.75 Å². The summed E-state index contributed by atoms with van der Waals surface area (Å²) in [5.41, 5.74) is 0.711. The van der Waals surface area contributed by atoms with E-state index in [0.29, 0.717) is 12.0 Å². The molecule has 0 aliphatic carbocycles.